The van der Waals surface area contributed by atoms with Gasteiger partial charge in [0.15, 0.2) is 5.75 Å². The number of hydrogen-bond donors (Lipinski definition) is 1. The summed E-state index contributed by atoms with van der Waals surface area (Å²) in [6.45, 7) is 6.67. The van der Waals surface area contributed by atoms with Crippen molar-refractivity contribution in [1.29, 1.82) is 0 Å². The molecule has 224 valence electrons. The third kappa shape index (κ3) is 7.58. The third-order valence-electron chi connectivity index (χ3n) is 6.96. The van der Waals surface area contributed by atoms with E-state index in [1.807, 2.05) is 25.1 Å². The Bertz CT molecular complexity index is 1670. The van der Waals surface area contributed by atoms with E-state index in [-0.39, 0.29) is 27.3 Å². The minimum absolute atomic E-state index is 0.0473. The molecule has 1 aromatic heterocycles. The standard InChI is InChI=1S/C31H31Cl2N5O4S/c1-23-6-5-9-30(35-23)37-20-18-36(19-21-37)17-16-34-31(39)24-10-13-27(14-11-24)43(40,41)38(25-7-3-2-4-8-25)42-26-12-15-28(32)29(33)22-26/h2-15,22H,16-21H2,1H3,(H,34,39). The van der Waals surface area contributed by atoms with Crippen LogP contribution in [0.15, 0.2) is 95.9 Å². The number of hydrogen-bond acceptors (Lipinski definition) is 7. The zero-order chi connectivity index (χ0) is 30.4. The predicted molar refractivity (Wildman–Crippen MR) is 170 cm³/mol. The van der Waals surface area contributed by atoms with Crippen molar-refractivity contribution in [3.05, 3.63) is 112 Å². The summed E-state index contributed by atoms with van der Waals surface area (Å²) < 4.78 is 28.2. The molecule has 1 aliphatic rings. The molecule has 12 heteroatoms. The summed E-state index contributed by atoms with van der Waals surface area (Å²) in [5, 5.41) is 3.47. The van der Waals surface area contributed by atoms with Crippen LogP contribution >= 0.6 is 23.2 Å². The quantitative estimate of drug-likeness (QED) is 0.231. The number of anilines is 2. The van der Waals surface area contributed by atoms with Gasteiger partial charge in [0, 0.05) is 56.6 Å². The van der Waals surface area contributed by atoms with Crippen LogP contribution in [0.1, 0.15) is 16.1 Å². The Hall–Kier alpha value is -3.83. The fraction of sp³-hybridized carbons (Fsp3) is 0.226. The molecule has 0 bridgehead atoms. The molecule has 1 N–H and O–H groups in total. The number of piperazine rings is 1. The number of benzene rings is 3. The van der Waals surface area contributed by atoms with Crippen LogP contribution in [0.5, 0.6) is 5.75 Å². The van der Waals surface area contributed by atoms with Gasteiger partial charge < -0.3 is 15.1 Å². The number of nitrogens with zero attached hydrogens (tertiary/aromatic N) is 4. The lowest BCUT2D eigenvalue weighted by molar-refractivity contribution is 0.0947. The summed E-state index contributed by atoms with van der Waals surface area (Å²) in [5.74, 6) is 0.899. The number of pyridine rings is 1. The zero-order valence-electron chi connectivity index (χ0n) is 23.5. The van der Waals surface area contributed by atoms with Crippen molar-refractivity contribution in [2.45, 2.75) is 11.8 Å². The lowest BCUT2D eigenvalue weighted by atomic mass is 10.2. The van der Waals surface area contributed by atoms with Gasteiger partial charge >= 0.3 is 0 Å². The minimum Gasteiger partial charge on any atom is -0.364 e. The van der Waals surface area contributed by atoms with Crippen LogP contribution in [0.4, 0.5) is 11.5 Å². The van der Waals surface area contributed by atoms with Gasteiger partial charge in [-0.05, 0) is 67.6 Å². The summed E-state index contributed by atoms with van der Waals surface area (Å²) in [7, 11) is -4.19. The van der Waals surface area contributed by atoms with Crippen molar-refractivity contribution in [3.8, 4) is 5.75 Å². The molecule has 0 spiro atoms. The highest BCUT2D eigenvalue weighted by Gasteiger charge is 2.28. The van der Waals surface area contributed by atoms with E-state index in [1.165, 1.54) is 42.5 Å². The van der Waals surface area contributed by atoms with Crippen LogP contribution in [-0.2, 0) is 10.0 Å². The number of carbonyl (C=O) groups is 1. The van der Waals surface area contributed by atoms with Crippen molar-refractivity contribution in [1.82, 2.24) is 15.2 Å². The van der Waals surface area contributed by atoms with Gasteiger partial charge in [0.2, 0.25) is 0 Å². The van der Waals surface area contributed by atoms with Gasteiger partial charge in [-0.3, -0.25) is 9.69 Å². The number of carbonyl (C=O) groups excluding carboxylic acids is 1. The maximum atomic E-state index is 13.7. The molecule has 9 nitrogen and oxygen atoms in total. The number of para-hydroxylation sites is 1. The number of nitrogens with one attached hydrogen (secondary N) is 1. The molecular weight excluding hydrogens is 609 g/mol. The molecule has 43 heavy (non-hydrogen) atoms. The highest BCUT2D eigenvalue weighted by atomic mass is 35.5. The Morgan fingerprint density at radius 2 is 1.63 bits per heavy atom. The molecule has 2 heterocycles. The van der Waals surface area contributed by atoms with E-state index >= 15 is 0 Å². The second-order valence-electron chi connectivity index (χ2n) is 9.98. The van der Waals surface area contributed by atoms with Gasteiger partial charge in [0.25, 0.3) is 15.9 Å². The van der Waals surface area contributed by atoms with E-state index in [4.69, 9.17) is 28.0 Å². The Kier molecular flexibility index (Phi) is 9.72. The first-order valence-electron chi connectivity index (χ1n) is 13.7. The van der Waals surface area contributed by atoms with Crippen LogP contribution in [0.3, 0.4) is 0 Å². The molecule has 1 amide bonds. The topological polar surface area (TPSA) is 95.1 Å². The second kappa shape index (κ2) is 13.6. The van der Waals surface area contributed by atoms with Crippen molar-refractivity contribution < 1.29 is 18.0 Å². The SMILES string of the molecule is Cc1cccc(N2CCN(CCNC(=O)c3ccc(S(=O)(=O)N(Oc4ccc(Cl)c(Cl)c4)c4ccccc4)cc3)CC2)n1. The highest BCUT2D eigenvalue weighted by molar-refractivity contribution is 7.92. The van der Waals surface area contributed by atoms with E-state index in [2.05, 4.69) is 20.1 Å². The molecule has 0 aliphatic carbocycles. The van der Waals surface area contributed by atoms with Gasteiger partial charge in [0.05, 0.1) is 20.6 Å². The average Bonchev–Trinajstić information content (AvgIpc) is 3.02. The van der Waals surface area contributed by atoms with E-state index in [0.717, 1.165) is 42.2 Å². The molecule has 0 atom stereocenters. The molecular formula is C31H31Cl2N5O4S. The van der Waals surface area contributed by atoms with Crippen molar-refractivity contribution in [2.24, 2.45) is 0 Å². The first-order valence-corrected chi connectivity index (χ1v) is 15.9. The first-order chi connectivity index (χ1) is 20.7. The average molecular weight is 641 g/mol. The number of sulfonamides is 1. The third-order valence-corrected chi connectivity index (χ3v) is 9.29. The molecule has 1 fully saturated rings. The molecule has 0 unspecified atom stereocenters. The lowest BCUT2D eigenvalue weighted by Gasteiger charge is -2.35. The Balaban J connectivity index is 1.19. The zero-order valence-corrected chi connectivity index (χ0v) is 25.8. The minimum atomic E-state index is -4.19. The van der Waals surface area contributed by atoms with Crippen molar-refractivity contribution >= 4 is 50.6 Å². The normalized spacial score (nSPS) is 13.9. The monoisotopic (exact) mass is 639 g/mol. The molecule has 0 saturated carbocycles. The smallest absolute Gasteiger partial charge is 0.295 e. The largest absolute Gasteiger partial charge is 0.364 e. The molecule has 5 rings (SSSR count). The van der Waals surface area contributed by atoms with Crippen molar-refractivity contribution in [2.75, 3.05) is 48.6 Å². The van der Waals surface area contributed by atoms with Gasteiger partial charge in [-0.2, -0.15) is 8.42 Å². The highest BCUT2D eigenvalue weighted by Crippen LogP contribution is 2.30. The Morgan fingerprint density at radius 1 is 0.907 bits per heavy atom. The number of halogens is 2. The Morgan fingerprint density at radius 3 is 2.30 bits per heavy atom. The van der Waals surface area contributed by atoms with Gasteiger partial charge in [-0.15, -0.1) is 0 Å². The fourth-order valence-corrected chi connectivity index (χ4v) is 6.17. The summed E-state index contributed by atoms with van der Waals surface area (Å²) in [4.78, 5) is 27.7. The van der Waals surface area contributed by atoms with Gasteiger partial charge in [0.1, 0.15) is 5.82 Å². The number of amides is 1. The van der Waals surface area contributed by atoms with Crippen LogP contribution in [0.2, 0.25) is 10.0 Å². The molecule has 1 aliphatic heterocycles. The second-order valence-corrected chi connectivity index (χ2v) is 12.5. The summed E-state index contributed by atoms with van der Waals surface area (Å²) >= 11 is 12.1. The number of aromatic nitrogens is 1. The van der Waals surface area contributed by atoms with Crippen LogP contribution < -0.4 is 19.5 Å². The molecule has 3 aromatic carbocycles. The molecule has 4 aromatic rings. The first kappa shape index (κ1) is 30.6. The van der Waals surface area contributed by atoms with E-state index in [9.17, 15) is 13.2 Å². The maximum Gasteiger partial charge on any atom is 0.295 e. The van der Waals surface area contributed by atoms with E-state index < -0.39 is 10.0 Å². The van der Waals surface area contributed by atoms with Crippen LogP contribution in [-0.4, -0.2) is 63.5 Å². The van der Waals surface area contributed by atoms with Crippen LogP contribution in [0, 0.1) is 6.92 Å². The molecule has 0 radical (unpaired) electrons. The van der Waals surface area contributed by atoms with Gasteiger partial charge in [-0.25, -0.2) is 4.98 Å². The summed E-state index contributed by atoms with van der Waals surface area (Å²) in [6, 6.07) is 24.6. The van der Waals surface area contributed by atoms with E-state index in [1.54, 1.807) is 30.3 Å². The van der Waals surface area contributed by atoms with Crippen molar-refractivity contribution in [3.63, 3.8) is 0 Å². The number of aryl methyl sites for hydroxylation is 1. The summed E-state index contributed by atoms with van der Waals surface area (Å²) in [5.41, 5.74) is 1.63. The Labute approximate surface area is 261 Å². The predicted octanol–water partition coefficient (Wildman–Crippen LogP) is 5.44. The number of rotatable bonds is 10. The summed E-state index contributed by atoms with van der Waals surface area (Å²) in [6.07, 6.45) is 0. The molecule has 1 saturated heterocycles. The van der Waals surface area contributed by atoms with E-state index in [0.29, 0.717) is 23.7 Å². The maximum absolute atomic E-state index is 13.7. The fourth-order valence-electron chi connectivity index (χ4n) is 4.63. The van der Waals surface area contributed by atoms with Crippen LogP contribution in [0.25, 0.3) is 0 Å². The van der Waals surface area contributed by atoms with Gasteiger partial charge in [-0.1, -0.05) is 51.9 Å². The lowest BCUT2D eigenvalue weighted by Crippen LogP contribution is -2.48.